The number of methoxy groups -OCH3 is 1. The first kappa shape index (κ1) is 23.0. The lowest BCUT2D eigenvalue weighted by atomic mass is 9.80. The standard InChI is InChI=1S/C22H17Cl2F2N5O2/c1-33-12-22(26)10-16(18(23)9-17(22)13-2-4-14(25)5-3-13)21(32)30-15-8-19(24)20(27-11-15)31-28-6-7-29-31/h2-9,11H,10,12H2,1H3,(H,30,32). The van der Waals surface area contributed by atoms with E-state index >= 15 is 4.39 Å². The quantitative estimate of drug-likeness (QED) is 0.538. The number of alkyl halides is 1. The largest absolute Gasteiger partial charge is 0.381 e. The minimum Gasteiger partial charge on any atom is -0.381 e. The summed E-state index contributed by atoms with van der Waals surface area (Å²) in [7, 11) is 1.35. The van der Waals surface area contributed by atoms with E-state index in [1.165, 1.54) is 66.9 Å². The number of carbonyl (C=O) groups excluding carboxylic acids is 1. The Hall–Kier alpha value is -3.14. The Morgan fingerprint density at radius 3 is 2.58 bits per heavy atom. The van der Waals surface area contributed by atoms with E-state index in [1.54, 1.807) is 0 Å². The molecule has 2 heterocycles. The van der Waals surface area contributed by atoms with Gasteiger partial charge in [-0.25, -0.2) is 13.8 Å². The minimum absolute atomic E-state index is 0.0241. The molecule has 1 unspecified atom stereocenters. The number of anilines is 1. The Morgan fingerprint density at radius 2 is 1.94 bits per heavy atom. The van der Waals surface area contributed by atoms with Crippen molar-refractivity contribution in [3.8, 4) is 5.82 Å². The summed E-state index contributed by atoms with van der Waals surface area (Å²) in [4.78, 5) is 18.3. The van der Waals surface area contributed by atoms with Gasteiger partial charge in [-0.2, -0.15) is 10.2 Å². The molecule has 1 atom stereocenters. The van der Waals surface area contributed by atoms with Crippen molar-refractivity contribution in [3.63, 3.8) is 0 Å². The highest BCUT2D eigenvalue weighted by Gasteiger charge is 2.41. The second-order valence-corrected chi connectivity index (χ2v) is 8.08. The van der Waals surface area contributed by atoms with Crippen LogP contribution in [0.4, 0.5) is 14.5 Å². The molecule has 1 aromatic carbocycles. The summed E-state index contributed by atoms with van der Waals surface area (Å²) in [6.45, 7) is -0.323. The summed E-state index contributed by atoms with van der Waals surface area (Å²) >= 11 is 12.6. The van der Waals surface area contributed by atoms with Crippen molar-refractivity contribution in [3.05, 3.63) is 82.0 Å². The van der Waals surface area contributed by atoms with Crippen LogP contribution in [0.15, 0.2) is 65.6 Å². The third-order valence-corrected chi connectivity index (χ3v) is 5.60. The van der Waals surface area contributed by atoms with Gasteiger partial charge in [0, 0.05) is 29.7 Å². The van der Waals surface area contributed by atoms with Crippen LogP contribution in [0.25, 0.3) is 11.4 Å². The smallest absolute Gasteiger partial charge is 0.253 e. The number of rotatable bonds is 6. The average Bonchev–Trinajstić information content (AvgIpc) is 3.31. The highest BCUT2D eigenvalue weighted by atomic mass is 35.5. The van der Waals surface area contributed by atoms with Crippen molar-refractivity contribution in [1.29, 1.82) is 0 Å². The number of hydrogen-bond acceptors (Lipinski definition) is 5. The maximum Gasteiger partial charge on any atom is 0.253 e. The molecule has 0 radical (unpaired) electrons. The Bertz CT molecular complexity index is 1250. The molecule has 7 nitrogen and oxygen atoms in total. The number of nitrogens with zero attached hydrogens (tertiary/aromatic N) is 4. The lowest BCUT2D eigenvalue weighted by molar-refractivity contribution is -0.113. The summed E-state index contributed by atoms with van der Waals surface area (Å²) in [5, 5.41) is 10.8. The predicted octanol–water partition coefficient (Wildman–Crippen LogP) is 4.73. The molecule has 0 fully saturated rings. The van der Waals surface area contributed by atoms with Gasteiger partial charge in [0.1, 0.15) is 5.82 Å². The normalized spacial score (nSPS) is 18.3. The van der Waals surface area contributed by atoms with E-state index < -0.39 is 17.4 Å². The van der Waals surface area contributed by atoms with E-state index in [1.807, 2.05) is 0 Å². The number of carbonyl (C=O) groups is 1. The van der Waals surface area contributed by atoms with Crippen LogP contribution in [0.3, 0.4) is 0 Å². The van der Waals surface area contributed by atoms with Gasteiger partial charge < -0.3 is 10.1 Å². The highest BCUT2D eigenvalue weighted by Crippen LogP contribution is 2.43. The van der Waals surface area contributed by atoms with Gasteiger partial charge >= 0.3 is 0 Å². The fourth-order valence-corrected chi connectivity index (χ4v) is 4.00. The second kappa shape index (κ2) is 9.38. The number of hydrogen-bond donors (Lipinski definition) is 1. The molecule has 1 amide bonds. The lowest BCUT2D eigenvalue weighted by Crippen LogP contribution is -2.36. The van der Waals surface area contributed by atoms with Crippen molar-refractivity contribution in [2.75, 3.05) is 19.0 Å². The summed E-state index contributed by atoms with van der Waals surface area (Å²) in [5.41, 5.74) is -1.11. The van der Waals surface area contributed by atoms with Crippen LogP contribution in [0.2, 0.25) is 5.02 Å². The first-order chi connectivity index (χ1) is 15.8. The van der Waals surface area contributed by atoms with Gasteiger partial charge in [-0.15, -0.1) is 4.80 Å². The zero-order valence-corrected chi connectivity index (χ0v) is 18.7. The predicted molar refractivity (Wildman–Crippen MR) is 120 cm³/mol. The fraction of sp³-hybridized carbons (Fsp3) is 0.182. The summed E-state index contributed by atoms with van der Waals surface area (Å²) in [5.74, 6) is -0.783. The first-order valence-electron chi connectivity index (χ1n) is 9.69. The number of pyridine rings is 1. The maximum atomic E-state index is 16.0. The van der Waals surface area contributed by atoms with Crippen LogP contribution in [-0.2, 0) is 9.53 Å². The summed E-state index contributed by atoms with van der Waals surface area (Å²) in [6.07, 6.45) is 5.34. The maximum absolute atomic E-state index is 16.0. The molecule has 1 aliphatic rings. The van der Waals surface area contributed by atoms with Crippen LogP contribution in [0, 0.1) is 5.82 Å². The van der Waals surface area contributed by atoms with Crippen LogP contribution < -0.4 is 5.32 Å². The van der Waals surface area contributed by atoms with E-state index in [-0.39, 0.29) is 45.7 Å². The molecular formula is C22H17Cl2F2N5O2. The van der Waals surface area contributed by atoms with E-state index in [0.29, 0.717) is 5.56 Å². The van der Waals surface area contributed by atoms with Gasteiger partial charge in [0.15, 0.2) is 11.5 Å². The molecule has 33 heavy (non-hydrogen) atoms. The van der Waals surface area contributed by atoms with E-state index in [2.05, 4.69) is 20.5 Å². The van der Waals surface area contributed by atoms with Crippen LogP contribution in [0.5, 0.6) is 0 Å². The Kier molecular flexibility index (Phi) is 6.55. The molecule has 0 spiro atoms. The molecule has 3 aromatic rings. The number of amides is 1. The molecule has 1 N–H and O–H groups in total. The molecule has 0 saturated carbocycles. The Labute approximate surface area is 197 Å². The Morgan fingerprint density at radius 1 is 1.24 bits per heavy atom. The van der Waals surface area contributed by atoms with Crippen molar-refractivity contribution < 1.29 is 18.3 Å². The van der Waals surface area contributed by atoms with Crippen LogP contribution in [-0.4, -0.2) is 45.3 Å². The third-order valence-electron chi connectivity index (χ3n) is 4.99. The summed E-state index contributed by atoms with van der Waals surface area (Å²) < 4.78 is 34.4. The molecular weight excluding hydrogens is 475 g/mol. The average molecular weight is 492 g/mol. The van der Waals surface area contributed by atoms with Crippen LogP contribution >= 0.6 is 23.2 Å². The highest BCUT2D eigenvalue weighted by molar-refractivity contribution is 6.35. The van der Waals surface area contributed by atoms with E-state index in [4.69, 9.17) is 27.9 Å². The number of allylic oxidation sites excluding steroid dienone is 2. The van der Waals surface area contributed by atoms with Crippen molar-refractivity contribution in [2.45, 2.75) is 12.1 Å². The Balaban J connectivity index is 1.62. The fourth-order valence-electron chi connectivity index (χ4n) is 3.50. The zero-order chi connectivity index (χ0) is 23.6. The SMILES string of the molecule is COCC1(F)CC(C(=O)Nc2cnc(-n3nccn3)c(Cl)c2)=C(Cl)C=C1c1ccc(F)cc1. The second-order valence-electron chi connectivity index (χ2n) is 7.27. The van der Waals surface area contributed by atoms with Gasteiger partial charge in [0.25, 0.3) is 5.91 Å². The molecule has 0 bridgehead atoms. The molecule has 4 rings (SSSR count). The molecule has 0 aliphatic heterocycles. The number of halogens is 4. The van der Waals surface area contributed by atoms with Gasteiger partial charge in [-0.3, -0.25) is 4.79 Å². The molecule has 2 aromatic heterocycles. The number of ether oxygens (including phenoxy) is 1. The topological polar surface area (TPSA) is 81.9 Å². The molecule has 170 valence electrons. The van der Waals surface area contributed by atoms with Crippen LogP contribution in [0.1, 0.15) is 12.0 Å². The van der Waals surface area contributed by atoms with E-state index in [0.717, 1.165) is 0 Å². The van der Waals surface area contributed by atoms with Crippen molar-refractivity contribution in [2.24, 2.45) is 0 Å². The minimum atomic E-state index is -2.05. The first-order valence-corrected chi connectivity index (χ1v) is 10.4. The molecule has 1 aliphatic carbocycles. The lowest BCUT2D eigenvalue weighted by Gasteiger charge is -2.32. The zero-order valence-electron chi connectivity index (χ0n) is 17.2. The number of aromatic nitrogens is 4. The van der Waals surface area contributed by atoms with E-state index in [9.17, 15) is 9.18 Å². The summed E-state index contributed by atoms with van der Waals surface area (Å²) in [6, 6.07) is 6.82. The molecule has 11 heteroatoms. The monoisotopic (exact) mass is 491 g/mol. The van der Waals surface area contributed by atoms with Gasteiger partial charge in [-0.1, -0.05) is 35.3 Å². The molecule has 0 saturated heterocycles. The number of nitrogens with one attached hydrogen (secondary N) is 1. The number of benzene rings is 1. The van der Waals surface area contributed by atoms with Gasteiger partial charge in [-0.05, 0) is 29.8 Å². The van der Waals surface area contributed by atoms with Crippen molar-refractivity contribution in [1.82, 2.24) is 20.0 Å². The van der Waals surface area contributed by atoms with Crippen molar-refractivity contribution >= 4 is 40.4 Å². The van der Waals surface area contributed by atoms with Gasteiger partial charge in [0.2, 0.25) is 0 Å². The third kappa shape index (κ3) is 4.80. The van der Waals surface area contributed by atoms with Gasteiger partial charge in [0.05, 0.1) is 35.9 Å².